The first-order valence-electron chi connectivity index (χ1n) is 10.5. The predicted octanol–water partition coefficient (Wildman–Crippen LogP) is 4.13. The summed E-state index contributed by atoms with van der Waals surface area (Å²) in [6.07, 6.45) is 7.54. The third-order valence-electron chi connectivity index (χ3n) is 6.47. The van der Waals surface area contributed by atoms with Crippen molar-refractivity contribution in [3.05, 3.63) is 33.7 Å². The van der Waals surface area contributed by atoms with Gasteiger partial charge in [-0.1, -0.05) is 30.9 Å². The Morgan fingerprint density at radius 3 is 2.67 bits per heavy atom. The van der Waals surface area contributed by atoms with Gasteiger partial charge in [0.05, 0.1) is 24.9 Å². The van der Waals surface area contributed by atoms with Crippen LogP contribution in [-0.4, -0.2) is 34.4 Å². The van der Waals surface area contributed by atoms with E-state index < -0.39 is 0 Å². The number of anilines is 2. The molecule has 0 spiro atoms. The molecule has 1 aliphatic carbocycles. The first kappa shape index (κ1) is 20.8. The lowest BCUT2D eigenvalue weighted by Gasteiger charge is -2.39. The van der Waals surface area contributed by atoms with Gasteiger partial charge in [0.25, 0.3) is 0 Å². The number of fused-ring (bicyclic) bond motifs is 1. The average Bonchev–Trinajstić information content (AvgIpc) is 2.72. The Labute approximate surface area is 182 Å². The normalized spacial score (nSPS) is 19.7. The fraction of sp³-hybridized carbons (Fsp3) is 0.545. The predicted molar refractivity (Wildman–Crippen MR) is 117 cm³/mol. The van der Waals surface area contributed by atoms with Crippen LogP contribution in [0.2, 0.25) is 5.15 Å². The Morgan fingerprint density at radius 2 is 1.97 bits per heavy atom. The number of ketones is 1. The van der Waals surface area contributed by atoms with E-state index in [2.05, 4.69) is 19.9 Å². The molecule has 1 unspecified atom stereocenters. The molecule has 4 rings (SSSR count). The minimum atomic E-state index is -0.116. The summed E-state index contributed by atoms with van der Waals surface area (Å²) in [6, 6.07) is 0. The maximum Gasteiger partial charge on any atom is 0.223 e. The second kappa shape index (κ2) is 8.38. The van der Waals surface area contributed by atoms with Gasteiger partial charge in [0.2, 0.25) is 5.95 Å². The molecule has 30 heavy (non-hydrogen) atoms. The van der Waals surface area contributed by atoms with Gasteiger partial charge in [-0.25, -0.2) is 4.98 Å². The van der Waals surface area contributed by atoms with Crippen molar-refractivity contribution in [2.75, 3.05) is 24.3 Å². The monoisotopic (exact) mass is 429 g/mol. The van der Waals surface area contributed by atoms with Crippen molar-refractivity contribution in [2.24, 2.45) is 11.8 Å². The van der Waals surface area contributed by atoms with Crippen LogP contribution in [0.15, 0.2) is 6.20 Å². The van der Waals surface area contributed by atoms with Crippen molar-refractivity contribution in [2.45, 2.75) is 52.5 Å². The minimum Gasteiger partial charge on any atom is -0.496 e. The van der Waals surface area contributed by atoms with Gasteiger partial charge in [0.1, 0.15) is 16.7 Å². The molecule has 0 bridgehead atoms. The van der Waals surface area contributed by atoms with E-state index in [-0.39, 0.29) is 22.8 Å². The van der Waals surface area contributed by atoms with E-state index in [1.807, 2.05) is 20.0 Å². The Hall–Kier alpha value is -2.41. The maximum atomic E-state index is 13.4. The molecule has 0 aromatic carbocycles. The highest BCUT2D eigenvalue weighted by atomic mass is 35.5. The Balaban J connectivity index is 1.75. The van der Waals surface area contributed by atoms with E-state index in [9.17, 15) is 4.79 Å². The molecule has 0 amide bonds. The summed E-state index contributed by atoms with van der Waals surface area (Å²) >= 11 is 6.40. The van der Waals surface area contributed by atoms with E-state index in [0.29, 0.717) is 30.4 Å². The zero-order chi connectivity index (χ0) is 21.4. The largest absolute Gasteiger partial charge is 0.496 e. The smallest absolute Gasteiger partial charge is 0.223 e. The van der Waals surface area contributed by atoms with Gasteiger partial charge in [-0.05, 0) is 32.6 Å². The molecular weight excluding hydrogens is 402 g/mol. The van der Waals surface area contributed by atoms with Gasteiger partial charge in [-0.15, -0.1) is 0 Å². The summed E-state index contributed by atoms with van der Waals surface area (Å²) in [6.45, 7) is 5.06. The zero-order valence-electron chi connectivity index (χ0n) is 17.7. The number of nitrogens with two attached hydrogens (primary N) is 1. The lowest BCUT2D eigenvalue weighted by molar-refractivity contribution is 0.0839. The molecular formula is C22H28ClN5O2. The van der Waals surface area contributed by atoms with Crippen LogP contribution in [0.3, 0.4) is 0 Å². The van der Waals surface area contributed by atoms with Gasteiger partial charge < -0.3 is 15.4 Å². The molecule has 3 heterocycles. The van der Waals surface area contributed by atoms with E-state index in [4.69, 9.17) is 22.1 Å². The summed E-state index contributed by atoms with van der Waals surface area (Å²) in [7, 11) is 1.67. The molecule has 2 aromatic rings. The van der Waals surface area contributed by atoms with Crippen LogP contribution in [0.1, 0.15) is 59.3 Å². The average molecular weight is 430 g/mol. The molecule has 0 radical (unpaired) electrons. The summed E-state index contributed by atoms with van der Waals surface area (Å²) in [5, 5.41) is 0.138. The van der Waals surface area contributed by atoms with Crippen molar-refractivity contribution in [3.63, 3.8) is 0 Å². The lowest BCUT2D eigenvalue weighted by Crippen LogP contribution is -2.44. The number of nitrogens with zero attached hydrogens (tertiary/aromatic N) is 4. The maximum absolute atomic E-state index is 13.4. The molecule has 8 heteroatoms. The molecule has 2 aliphatic rings. The van der Waals surface area contributed by atoms with Crippen LogP contribution in [0, 0.1) is 25.7 Å². The zero-order valence-corrected chi connectivity index (χ0v) is 18.5. The number of halogens is 1. The molecule has 7 nitrogen and oxygen atoms in total. The summed E-state index contributed by atoms with van der Waals surface area (Å²) in [4.78, 5) is 28.6. The number of aromatic nitrogens is 3. The Kier molecular flexibility index (Phi) is 5.82. The van der Waals surface area contributed by atoms with Gasteiger partial charge in [-0.2, -0.15) is 4.98 Å². The van der Waals surface area contributed by atoms with E-state index in [0.717, 1.165) is 35.4 Å². The number of hydrogen-bond acceptors (Lipinski definition) is 7. The van der Waals surface area contributed by atoms with Gasteiger partial charge in [0, 0.05) is 29.8 Å². The van der Waals surface area contributed by atoms with Crippen LogP contribution in [-0.2, 0) is 6.54 Å². The molecule has 1 atom stereocenters. The standard InChI is InChI=1S/C22H28ClN5O2/c1-12-9-25-16(13(2)19(12)30-3)11-28-10-15(14-7-5-4-6-8-14)18(29)17-20(23)26-22(24)27-21(17)28/h9,14-15H,4-8,10-11H2,1-3H3,(H2,24,26,27). The second-order valence-corrected chi connectivity index (χ2v) is 8.72. The fourth-order valence-corrected chi connectivity index (χ4v) is 5.19. The van der Waals surface area contributed by atoms with Crippen LogP contribution in [0.25, 0.3) is 0 Å². The SMILES string of the molecule is COc1c(C)cnc(CN2CC(C3CCCCC3)C(=O)c3c(Cl)nc(N)nc32)c1C. The fourth-order valence-electron chi connectivity index (χ4n) is 4.92. The van der Waals surface area contributed by atoms with E-state index in [1.165, 1.54) is 19.3 Å². The third kappa shape index (κ3) is 3.71. The number of carbonyl (C=O) groups excluding carboxylic acids is 1. The Bertz CT molecular complexity index is 974. The van der Waals surface area contributed by atoms with Crippen molar-refractivity contribution in [1.82, 2.24) is 15.0 Å². The topological polar surface area (TPSA) is 94.2 Å². The van der Waals surface area contributed by atoms with Gasteiger partial charge in [-0.3, -0.25) is 9.78 Å². The van der Waals surface area contributed by atoms with Crippen molar-refractivity contribution in [3.8, 4) is 5.75 Å². The summed E-state index contributed by atoms with van der Waals surface area (Å²) < 4.78 is 5.57. The van der Waals surface area contributed by atoms with Crippen molar-refractivity contribution >= 4 is 29.2 Å². The number of ether oxygens (including phenoxy) is 1. The van der Waals surface area contributed by atoms with Gasteiger partial charge >= 0.3 is 0 Å². The number of hydrogen-bond donors (Lipinski definition) is 1. The number of aryl methyl sites for hydroxylation is 1. The number of carbonyl (C=O) groups is 1. The first-order valence-corrected chi connectivity index (χ1v) is 10.9. The molecule has 1 saturated carbocycles. The van der Waals surface area contributed by atoms with E-state index in [1.54, 1.807) is 7.11 Å². The number of rotatable bonds is 4. The highest BCUT2D eigenvalue weighted by molar-refractivity contribution is 6.34. The highest BCUT2D eigenvalue weighted by Gasteiger charge is 2.40. The molecule has 2 aromatic heterocycles. The summed E-state index contributed by atoms with van der Waals surface area (Å²) in [5.74, 6) is 1.69. The number of pyridine rings is 1. The number of methoxy groups -OCH3 is 1. The molecule has 2 N–H and O–H groups in total. The van der Waals surface area contributed by atoms with Crippen LogP contribution in [0.4, 0.5) is 11.8 Å². The van der Waals surface area contributed by atoms with Crippen LogP contribution in [0.5, 0.6) is 5.75 Å². The molecule has 0 saturated heterocycles. The molecule has 1 fully saturated rings. The highest BCUT2D eigenvalue weighted by Crippen LogP contribution is 2.40. The quantitative estimate of drug-likeness (QED) is 0.730. The van der Waals surface area contributed by atoms with Gasteiger partial charge in [0.15, 0.2) is 5.78 Å². The number of nitrogen functional groups attached to an aromatic ring is 1. The minimum absolute atomic E-state index is 0.0457. The van der Waals surface area contributed by atoms with Crippen molar-refractivity contribution < 1.29 is 9.53 Å². The lowest BCUT2D eigenvalue weighted by atomic mass is 9.75. The third-order valence-corrected chi connectivity index (χ3v) is 6.75. The first-order chi connectivity index (χ1) is 14.4. The Morgan fingerprint density at radius 1 is 1.23 bits per heavy atom. The number of Topliss-reactive ketones (excluding diaryl/α,β-unsaturated/α-hetero) is 1. The second-order valence-electron chi connectivity index (χ2n) is 8.37. The molecule has 160 valence electrons. The van der Waals surface area contributed by atoms with Crippen LogP contribution < -0.4 is 15.4 Å². The van der Waals surface area contributed by atoms with Crippen molar-refractivity contribution in [1.29, 1.82) is 0 Å². The van der Waals surface area contributed by atoms with E-state index >= 15 is 0 Å². The van der Waals surface area contributed by atoms with Crippen LogP contribution >= 0.6 is 11.6 Å². The molecule has 1 aliphatic heterocycles. The summed E-state index contributed by atoms with van der Waals surface area (Å²) in [5.41, 5.74) is 9.13.